The van der Waals surface area contributed by atoms with E-state index in [4.69, 9.17) is 0 Å². The van der Waals surface area contributed by atoms with Crippen molar-refractivity contribution >= 4 is 28.3 Å². The molecule has 2 aromatic rings. The number of rotatable bonds is 4. The molecule has 29 heavy (non-hydrogen) atoms. The van der Waals surface area contributed by atoms with Gasteiger partial charge < -0.3 is 14.7 Å². The molecule has 0 spiro atoms. The molecule has 0 radical (unpaired) electrons. The van der Waals surface area contributed by atoms with Gasteiger partial charge in [0, 0.05) is 70.1 Å². The fourth-order valence-electron chi connectivity index (χ4n) is 4.00. The second kappa shape index (κ2) is 9.04. The van der Waals surface area contributed by atoms with Crippen LogP contribution in [0.25, 0.3) is 0 Å². The minimum Gasteiger partial charge on any atom is -0.347 e. The monoisotopic (exact) mass is 415 g/mol. The van der Waals surface area contributed by atoms with Gasteiger partial charge in [-0.3, -0.25) is 9.69 Å². The van der Waals surface area contributed by atoms with E-state index in [1.807, 2.05) is 17.9 Å². The lowest BCUT2D eigenvalue weighted by atomic mass is 10.2. The zero-order chi connectivity index (χ0) is 20.2. The molecular weight excluding hydrogens is 386 g/mol. The molecule has 4 rings (SSSR count). The van der Waals surface area contributed by atoms with Crippen LogP contribution in [0.2, 0.25) is 0 Å². The molecular formula is C20H29N7OS. The van der Waals surface area contributed by atoms with E-state index in [-0.39, 0.29) is 11.9 Å². The molecule has 2 saturated heterocycles. The number of aryl methyl sites for hydroxylation is 1. The summed E-state index contributed by atoms with van der Waals surface area (Å²) in [5.74, 6) is 0.981. The smallest absolute Gasteiger partial charge is 0.239 e. The van der Waals surface area contributed by atoms with Crippen LogP contribution in [0.4, 0.5) is 11.1 Å². The topological polar surface area (TPSA) is 68.7 Å². The number of aromatic nitrogens is 3. The molecule has 2 fully saturated rings. The van der Waals surface area contributed by atoms with Gasteiger partial charge in [-0.25, -0.2) is 15.0 Å². The van der Waals surface area contributed by atoms with Crippen LogP contribution in [0.3, 0.4) is 0 Å². The third-order valence-corrected chi connectivity index (χ3v) is 6.76. The zero-order valence-corrected chi connectivity index (χ0v) is 18.0. The molecule has 156 valence electrons. The van der Waals surface area contributed by atoms with Gasteiger partial charge in [0.2, 0.25) is 11.9 Å². The van der Waals surface area contributed by atoms with Gasteiger partial charge in [0.05, 0.1) is 11.7 Å². The number of nitrogens with zero attached hydrogens (tertiary/aromatic N) is 7. The largest absolute Gasteiger partial charge is 0.347 e. The first-order chi connectivity index (χ1) is 14.1. The van der Waals surface area contributed by atoms with Crippen LogP contribution in [0.1, 0.15) is 19.0 Å². The third-order valence-electron chi connectivity index (χ3n) is 5.74. The van der Waals surface area contributed by atoms with Crippen molar-refractivity contribution in [2.45, 2.75) is 26.3 Å². The van der Waals surface area contributed by atoms with Gasteiger partial charge in [-0.2, -0.15) is 0 Å². The lowest BCUT2D eigenvalue weighted by Crippen LogP contribution is -2.55. The number of amides is 1. The van der Waals surface area contributed by atoms with E-state index in [1.165, 1.54) is 0 Å². The molecule has 0 aromatic carbocycles. The van der Waals surface area contributed by atoms with Crippen LogP contribution in [-0.2, 0) is 4.79 Å². The molecule has 2 aliphatic rings. The van der Waals surface area contributed by atoms with Crippen LogP contribution in [0.15, 0.2) is 23.8 Å². The maximum Gasteiger partial charge on any atom is 0.239 e. The summed E-state index contributed by atoms with van der Waals surface area (Å²) in [5.41, 5.74) is 1.08. The Bertz CT molecular complexity index is 806. The SMILES string of the molecule is Cc1csc(N2CCCN(C(C)C(=O)N3CCN(c4ncccn4)CC3)CC2)n1. The molecule has 0 aliphatic carbocycles. The molecule has 0 saturated carbocycles. The first-order valence-electron chi connectivity index (χ1n) is 10.3. The Labute approximate surface area is 176 Å². The molecule has 0 bridgehead atoms. The summed E-state index contributed by atoms with van der Waals surface area (Å²) in [6.07, 6.45) is 4.57. The summed E-state index contributed by atoms with van der Waals surface area (Å²) < 4.78 is 0. The minimum absolute atomic E-state index is 0.0903. The lowest BCUT2D eigenvalue weighted by Gasteiger charge is -2.38. The predicted octanol–water partition coefficient (Wildman–Crippen LogP) is 1.49. The van der Waals surface area contributed by atoms with E-state index in [0.717, 1.165) is 75.6 Å². The number of carbonyl (C=O) groups excluding carboxylic acids is 1. The van der Waals surface area contributed by atoms with Gasteiger partial charge >= 0.3 is 0 Å². The molecule has 0 N–H and O–H groups in total. The number of thiazole rings is 1. The Kier molecular flexibility index (Phi) is 6.25. The highest BCUT2D eigenvalue weighted by Crippen LogP contribution is 2.22. The van der Waals surface area contributed by atoms with Crippen molar-refractivity contribution in [2.75, 3.05) is 62.2 Å². The fraction of sp³-hybridized carbons (Fsp3) is 0.600. The summed E-state index contributed by atoms with van der Waals surface area (Å²) >= 11 is 1.71. The van der Waals surface area contributed by atoms with Crippen molar-refractivity contribution in [2.24, 2.45) is 0 Å². The normalized spacial score (nSPS) is 19.9. The van der Waals surface area contributed by atoms with Gasteiger partial charge in [0.15, 0.2) is 5.13 Å². The lowest BCUT2D eigenvalue weighted by molar-refractivity contribution is -0.136. The van der Waals surface area contributed by atoms with Crippen molar-refractivity contribution < 1.29 is 4.79 Å². The summed E-state index contributed by atoms with van der Waals surface area (Å²) in [5, 5.41) is 3.20. The summed E-state index contributed by atoms with van der Waals surface area (Å²) in [7, 11) is 0. The first-order valence-corrected chi connectivity index (χ1v) is 11.2. The summed E-state index contributed by atoms with van der Waals surface area (Å²) in [6.45, 7) is 10.9. The Hall–Kier alpha value is -2.26. The fourth-order valence-corrected chi connectivity index (χ4v) is 4.86. The Morgan fingerprint density at radius 3 is 2.41 bits per heavy atom. The number of carbonyl (C=O) groups is 1. The maximum absolute atomic E-state index is 13.1. The number of hydrogen-bond donors (Lipinski definition) is 0. The van der Waals surface area contributed by atoms with Crippen molar-refractivity contribution in [3.63, 3.8) is 0 Å². The van der Waals surface area contributed by atoms with Crippen molar-refractivity contribution in [3.8, 4) is 0 Å². The Morgan fingerprint density at radius 1 is 1.00 bits per heavy atom. The highest BCUT2D eigenvalue weighted by atomic mass is 32.1. The molecule has 4 heterocycles. The van der Waals surface area contributed by atoms with Crippen molar-refractivity contribution in [1.82, 2.24) is 24.8 Å². The average molecular weight is 416 g/mol. The second-order valence-electron chi connectivity index (χ2n) is 7.69. The molecule has 1 unspecified atom stereocenters. The van der Waals surface area contributed by atoms with Gasteiger partial charge in [-0.05, 0) is 26.3 Å². The van der Waals surface area contributed by atoms with Crippen LogP contribution in [-0.4, -0.2) is 89.1 Å². The third kappa shape index (κ3) is 4.67. The quantitative estimate of drug-likeness (QED) is 0.749. The minimum atomic E-state index is -0.0903. The summed E-state index contributed by atoms with van der Waals surface area (Å²) in [6, 6.07) is 1.73. The van der Waals surface area contributed by atoms with Gasteiger partial charge in [0.1, 0.15) is 0 Å². The molecule has 8 nitrogen and oxygen atoms in total. The highest BCUT2D eigenvalue weighted by molar-refractivity contribution is 7.13. The average Bonchev–Trinajstić information content (AvgIpc) is 3.05. The predicted molar refractivity (Wildman–Crippen MR) is 116 cm³/mol. The van der Waals surface area contributed by atoms with Crippen LogP contribution in [0.5, 0.6) is 0 Å². The van der Waals surface area contributed by atoms with Crippen molar-refractivity contribution in [3.05, 3.63) is 29.5 Å². The number of piperazine rings is 1. The molecule has 9 heteroatoms. The first kappa shape index (κ1) is 20.0. The molecule has 2 aliphatic heterocycles. The van der Waals surface area contributed by atoms with E-state index in [9.17, 15) is 4.79 Å². The van der Waals surface area contributed by atoms with Gasteiger partial charge in [0.25, 0.3) is 0 Å². The van der Waals surface area contributed by atoms with E-state index in [0.29, 0.717) is 0 Å². The van der Waals surface area contributed by atoms with Gasteiger partial charge in [-0.1, -0.05) is 0 Å². The maximum atomic E-state index is 13.1. The van der Waals surface area contributed by atoms with Crippen molar-refractivity contribution in [1.29, 1.82) is 0 Å². The zero-order valence-electron chi connectivity index (χ0n) is 17.2. The van der Waals surface area contributed by atoms with Gasteiger partial charge in [-0.15, -0.1) is 11.3 Å². The second-order valence-corrected chi connectivity index (χ2v) is 8.52. The highest BCUT2D eigenvalue weighted by Gasteiger charge is 2.30. The number of anilines is 2. The van der Waals surface area contributed by atoms with E-state index in [1.54, 1.807) is 23.7 Å². The van der Waals surface area contributed by atoms with Crippen LogP contribution < -0.4 is 9.80 Å². The number of hydrogen-bond acceptors (Lipinski definition) is 8. The van der Waals surface area contributed by atoms with Crippen LogP contribution in [0, 0.1) is 6.92 Å². The standard InChI is InChI=1S/C20H29N7OS/c1-16-15-29-20(23-16)27-8-4-7-24(9-14-27)17(2)18(28)25-10-12-26(13-11-25)19-21-5-3-6-22-19/h3,5-6,15,17H,4,7-14H2,1-2H3. The van der Waals surface area contributed by atoms with Crippen LogP contribution >= 0.6 is 11.3 Å². The van der Waals surface area contributed by atoms with E-state index in [2.05, 4.69) is 42.0 Å². The molecule has 1 amide bonds. The van der Waals surface area contributed by atoms with E-state index >= 15 is 0 Å². The summed E-state index contributed by atoms with van der Waals surface area (Å²) in [4.78, 5) is 35.2. The molecule has 1 atom stereocenters. The Morgan fingerprint density at radius 2 is 1.72 bits per heavy atom. The Balaban J connectivity index is 1.30. The van der Waals surface area contributed by atoms with E-state index < -0.39 is 0 Å². The molecule has 2 aromatic heterocycles.